The Kier molecular flexibility index (Phi) is 2.83. The predicted molar refractivity (Wildman–Crippen MR) is 55.9 cm³/mol. The van der Waals surface area contributed by atoms with Crippen molar-refractivity contribution < 1.29 is 14.4 Å². The molecule has 1 amide bonds. The fourth-order valence-electron chi connectivity index (χ4n) is 1.36. The molecule has 0 N–H and O–H groups in total. The molecule has 1 aromatic heterocycles. The molecule has 1 fully saturated rings. The van der Waals surface area contributed by atoms with E-state index in [4.69, 9.17) is 4.84 Å². The summed E-state index contributed by atoms with van der Waals surface area (Å²) in [4.78, 5) is 28.5. The van der Waals surface area contributed by atoms with Crippen molar-refractivity contribution >= 4 is 23.0 Å². The zero-order valence-electron chi connectivity index (χ0n) is 8.36. The lowest BCUT2D eigenvalue weighted by Gasteiger charge is -2.11. The number of hydrogen-bond acceptors (Lipinski definition) is 4. The number of Topliss-reactive ketones (excluding diaryl/α,β-unsaturated/α-hetero) is 1. The summed E-state index contributed by atoms with van der Waals surface area (Å²) < 4.78 is 0. The smallest absolute Gasteiger partial charge is 0.287 e. The van der Waals surface area contributed by atoms with Crippen molar-refractivity contribution in [3.05, 3.63) is 21.9 Å². The van der Waals surface area contributed by atoms with Gasteiger partial charge in [-0.05, 0) is 19.4 Å². The number of carbonyl (C=O) groups excluding carboxylic acids is 2. The van der Waals surface area contributed by atoms with Crippen molar-refractivity contribution in [3.8, 4) is 0 Å². The number of thiophene rings is 1. The maximum atomic E-state index is 11.8. The van der Waals surface area contributed by atoms with Gasteiger partial charge in [0.2, 0.25) is 0 Å². The van der Waals surface area contributed by atoms with E-state index in [1.165, 1.54) is 23.3 Å². The molecule has 0 aliphatic carbocycles. The third-order valence-corrected chi connectivity index (χ3v) is 3.11. The molecule has 80 valence electrons. The van der Waals surface area contributed by atoms with Crippen molar-refractivity contribution in [1.29, 1.82) is 0 Å². The standard InChI is InChI=1S/C10H11NO3S/c1-7(12)8-5-9(15-6-8)10(13)11-3-2-4-14-11/h5-6H,2-4H2,1H3. The highest BCUT2D eigenvalue weighted by Gasteiger charge is 2.22. The Bertz CT molecular complexity index is 393. The molecule has 1 saturated heterocycles. The first kappa shape index (κ1) is 10.3. The number of rotatable bonds is 2. The maximum absolute atomic E-state index is 11.8. The van der Waals surface area contributed by atoms with Crippen LogP contribution in [-0.4, -0.2) is 29.9 Å². The van der Waals surface area contributed by atoms with Gasteiger partial charge in [0.15, 0.2) is 5.78 Å². The van der Waals surface area contributed by atoms with E-state index in [-0.39, 0.29) is 11.7 Å². The Balaban J connectivity index is 2.14. The Morgan fingerprint density at radius 1 is 1.53 bits per heavy atom. The predicted octanol–water partition coefficient (Wildman–Crippen LogP) is 1.73. The van der Waals surface area contributed by atoms with Gasteiger partial charge in [-0.1, -0.05) is 0 Å². The molecule has 2 rings (SSSR count). The van der Waals surface area contributed by atoms with Crippen LogP contribution in [0.3, 0.4) is 0 Å². The summed E-state index contributed by atoms with van der Waals surface area (Å²) >= 11 is 1.28. The second-order valence-electron chi connectivity index (χ2n) is 3.35. The van der Waals surface area contributed by atoms with Crippen LogP contribution in [0.2, 0.25) is 0 Å². The summed E-state index contributed by atoms with van der Waals surface area (Å²) in [5.41, 5.74) is 0.586. The molecular formula is C10H11NO3S. The molecule has 5 heteroatoms. The zero-order chi connectivity index (χ0) is 10.8. The van der Waals surface area contributed by atoms with Crippen molar-refractivity contribution in [1.82, 2.24) is 5.06 Å². The zero-order valence-corrected chi connectivity index (χ0v) is 9.17. The number of hydrogen-bond donors (Lipinski definition) is 0. The van der Waals surface area contributed by atoms with Gasteiger partial charge in [-0.3, -0.25) is 14.4 Å². The Hall–Kier alpha value is -1.20. The van der Waals surface area contributed by atoms with Crippen LogP contribution >= 0.6 is 11.3 Å². The highest BCUT2D eigenvalue weighted by atomic mass is 32.1. The minimum absolute atomic E-state index is 0.0207. The van der Waals surface area contributed by atoms with E-state index in [1.807, 2.05) is 0 Å². The van der Waals surface area contributed by atoms with Crippen LogP contribution in [-0.2, 0) is 4.84 Å². The fourth-order valence-corrected chi connectivity index (χ4v) is 2.25. The Labute approximate surface area is 91.4 Å². The lowest BCUT2D eigenvalue weighted by molar-refractivity contribution is -0.0765. The van der Waals surface area contributed by atoms with Crippen LogP contribution in [0.5, 0.6) is 0 Å². The van der Waals surface area contributed by atoms with Gasteiger partial charge in [-0.2, -0.15) is 0 Å². The SMILES string of the molecule is CC(=O)c1csc(C(=O)N2CCCO2)c1. The third-order valence-electron chi connectivity index (χ3n) is 2.20. The Morgan fingerprint density at radius 3 is 2.87 bits per heavy atom. The van der Waals surface area contributed by atoms with Crippen molar-refractivity contribution in [3.63, 3.8) is 0 Å². The summed E-state index contributed by atoms with van der Waals surface area (Å²) in [5.74, 6) is -0.169. The first-order chi connectivity index (χ1) is 7.18. The molecule has 0 unspecified atom stereocenters. The molecule has 0 bridgehead atoms. The fraction of sp³-hybridized carbons (Fsp3) is 0.400. The molecule has 1 aliphatic heterocycles. The largest absolute Gasteiger partial charge is 0.294 e. The first-order valence-electron chi connectivity index (χ1n) is 4.73. The number of ketones is 1. The van der Waals surface area contributed by atoms with Crippen LogP contribution in [0, 0.1) is 0 Å². The van der Waals surface area contributed by atoms with Crippen LogP contribution < -0.4 is 0 Å². The quantitative estimate of drug-likeness (QED) is 0.720. The minimum atomic E-state index is -0.148. The van der Waals surface area contributed by atoms with Gasteiger partial charge in [0.25, 0.3) is 5.91 Å². The van der Waals surface area contributed by atoms with Gasteiger partial charge in [0.05, 0.1) is 18.0 Å². The molecule has 0 spiro atoms. The van der Waals surface area contributed by atoms with Crippen molar-refractivity contribution in [2.75, 3.05) is 13.2 Å². The molecule has 4 nitrogen and oxygen atoms in total. The molecule has 2 heterocycles. The van der Waals surface area contributed by atoms with E-state index < -0.39 is 0 Å². The normalized spacial score (nSPS) is 15.7. The summed E-state index contributed by atoms with van der Waals surface area (Å²) in [5, 5.41) is 3.06. The first-order valence-corrected chi connectivity index (χ1v) is 5.60. The van der Waals surface area contributed by atoms with E-state index >= 15 is 0 Å². The Morgan fingerprint density at radius 2 is 2.33 bits per heavy atom. The highest BCUT2D eigenvalue weighted by molar-refractivity contribution is 7.12. The van der Waals surface area contributed by atoms with Gasteiger partial charge in [-0.25, -0.2) is 5.06 Å². The lowest BCUT2D eigenvalue weighted by atomic mass is 10.2. The van der Waals surface area contributed by atoms with Gasteiger partial charge in [0, 0.05) is 10.9 Å². The summed E-state index contributed by atoms with van der Waals surface area (Å²) in [6.07, 6.45) is 0.872. The molecule has 0 aromatic carbocycles. The van der Waals surface area contributed by atoms with E-state index in [9.17, 15) is 9.59 Å². The van der Waals surface area contributed by atoms with Gasteiger partial charge in [-0.15, -0.1) is 11.3 Å². The average molecular weight is 225 g/mol. The second-order valence-corrected chi connectivity index (χ2v) is 4.26. The van der Waals surface area contributed by atoms with E-state index in [0.717, 1.165) is 6.42 Å². The van der Waals surface area contributed by atoms with E-state index in [1.54, 1.807) is 11.4 Å². The van der Waals surface area contributed by atoms with Crippen LogP contribution in [0.15, 0.2) is 11.4 Å². The number of hydroxylamine groups is 2. The second kappa shape index (κ2) is 4.12. The van der Waals surface area contributed by atoms with Crippen molar-refractivity contribution in [2.24, 2.45) is 0 Å². The summed E-state index contributed by atoms with van der Waals surface area (Å²) in [7, 11) is 0. The summed E-state index contributed by atoms with van der Waals surface area (Å²) in [6.45, 7) is 2.71. The number of carbonyl (C=O) groups is 2. The van der Waals surface area contributed by atoms with Crippen LogP contribution in [0.1, 0.15) is 33.4 Å². The summed E-state index contributed by atoms with van der Waals surface area (Å²) in [6, 6.07) is 1.62. The topological polar surface area (TPSA) is 46.6 Å². The molecule has 1 aliphatic rings. The number of nitrogens with zero attached hydrogens (tertiary/aromatic N) is 1. The van der Waals surface area contributed by atoms with Gasteiger partial charge >= 0.3 is 0 Å². The van der Waals surface area contributed by atoms with E-state index in [0.29, 0.717) is 23.6 Å². The van der Waals surface area contributed by atoms with Gasteiger partial charge in [0.1, 0.15) is 0 Å². The maximum Gasteiger partial charge on any atom is 0.287 e. The monoisotopic (exact) mass is 225 g/mol. The molecule has 0 radical (unpaired) electrons. The van der Waals surface area contributed by atoms with Crippen molar-refractivity contribution in [2.45, 2.75) is 13.3 Å². The number of amides is 1. The third kappa shape index (κ3) is 2.08. The molecule has 15 heavy (non-hydrogen) atoms. The molecule has 0 atom stereocenters. The highest BCUT2D eigenvalue weighted by Crippen LogP contribution is 2.19. The lowest BCUT2D eigenvalue weighted by Crippen LogP contribution is -2.25. The van der Waals surface area contributed by atoms with Crippen LogP contribution in [0.25, 0.3) is 0 Å². The molecule has 1 aromatic rings. The van der Waals surface area contributed by atoms with Gasteiger partial charge < -0.3 is 0 Å². The molecular weight excluding hydrogens is 214 g/mol. The van der Waals surface area contributed by atoms with Crippen LogP contribution in [0.4, 0.5) is 0 Å². The molecule has 0 saturated carbocycles. The average Bonchev–Trinajstić information content (AvgIpc) is 2.88. The van der Waals surface area contributed by atoms with E-state index in [2.05, 4.69) is 0 Å². The minimum Gasteiger partial charge on any atom is -0.294 e.